The molecule has 0 aliphatic rings. The number of aryl methyl sites for hydroxylation is 1. The minimum absolute atomic E-state index is 0.219. The standard InChI is InChI=1S/C19H18N6O2/c1-3-26-14-10-8-13(9-11-14)18-21-19(27-23-18)16-17(20)25(24-22-16)15-7-5-4-6-12(15)2/h4-11H,3,20H2,1-2H3. The molecule has 8 nitrogen and oxygen atoms in total. The average Bonchev–Trinajstić information content (AvgIpc) is 3.30. The van der Waals surface area contributed by atoms with Gasteiger partial charge in [0.1, 0.15) is 5.75 Å². The Bertz CT molecular complexity index is 1070. The van der Waals surface area contributed by atoms with Gasteiger partial charge in [0.05, 0.1) is 12.3 Å². The summed E-state index contributed by atoms with van der Waals surface area (Å²) in [5.41, 5.74) is 9.26. The van der Waals surface area contributed by atoms with Crippen LogP contribution in [0.2, 0.25) is 0 Å². The van der Waals surface area contributed by atoms with Crippen LogP contribution in [-0.2, 0) is 0 Å². The lowest BCUT2D eigenvalue weighted by atomic mass is 10.2. The highest BCUT2D eigenvalue weighted by Gasteiger charge is 2.20. The summed E-state index contributed by atoms with van der Waals surface area (Å²) in [5, 5.41) is 12.3. The van der Waals surface area contributed by atoms with Crippen molar-refractivity contribution >= 4 is 5.82 Å². The number of para-hydroxylation sites is 1. The predicted molar refractivity (Wildman–Crippen MR) is 100 cm³/mol. The molecule has 27 heavy (non-hydrogen) atoms. The van der Waals surface area contributed by atoms with Crippen LogP contribution in [0.25, 0.3) is 28.7 Å². The summed E-state index contributed by atoms with van der Waals surface area (Å²) in [6, 6.07) is 15.2. The smallest absolute Gasteiger partial charge is 0.282 e. The average molecular weight is 362 g/mol. The molecule has 0 unspecified atom stereocenters. The number of nitrogens with zero attached hydrogens (tertiary/aromatic N) is 5. The Morgan fingerprint density at radius 3 is 2.63 bits per heavy atom. The molecule has 0 aliphatic heterocycles. The van der Waals surface area contributed by atoms with E-state index in [-0.39, 0.29) is 5.89 Å². The third kappa shape index (κ3) is 3.12. The zero-order chi connectivity index (χ0) is 18.8. The van der Waals surface area contributed by atoms with Crippen LogP contribution < -0.4 is 10.5 Å². The summed E-state index contributed by atoms with van der Waals surface area (Å²) in [6.07, 6.45) is 0. The van der Waals surface area contributed by atoms with Gasteiger partial charge in [-0.25, -0.2) is 0 Å². The van der Waals surface area contributed by atoms with E-state index in [0.29, 0.717) is 23.9 Å². The quantitative estimate of drug-likeness (QED) is 0.581. The van der Waals surface area contributed by atoms with Gasteiger partial charge in [-0.1, -0.05) is 28.6 Å². The summed E-state index contributed by atoms with van der Waals surface area (Å²) >= 11 is 0. The second-order valence-electron chi connectivity index (χ2n) is 5.90. The second-order valence-corrected chi connectivity index (χ2v) is 5.90. The van der Waals surface area contributed by atoms with Crippen LogP contribution >= 0.6 is 0 Å². The Morgan fingerprint density at radius 1 is 1.11 bits per heavy atom. The molecule has 0 saturated heterocycles. The van der Waals surface area contributed by atoms with Gasteiger partial charge in [0.15, 0.2) is 11.5 Å². The molecular weight excluding hydrogens is 344 g/mol. The molecule has 2 aromatic carbocycles. The molecule has 0 fully saturated rings. The molecule has 0 atom stereocenters. The largest absolute Gasteiger partial charge is 0.494 e. The van der Waals surface area contributed by atoms with Crippen molar-refractivity contribution in [3.63, 3.8) is 0 Å². The van der Waals surface area contributed by atoms with E-state index < -0.39 is 0 Å². The van der Waals surface area contributed by atoms with Crippen LogP contribution in [-0.4, -0.2) is 31.7 Å². The van der Waals surface area contributed by atoms with Crippen LogP contribution in [0.1, 0.15) is 12.5 Å². The molecule has 136 valence electrons. The highest BCUT2D eigenvalue weighted by atomic mass is 16.5. The maximum Gasteiger partial charge on any atom is 0.282 e. The van der Waals surface area contributed by atoms with Gasteiger partial charge in [-0.05, 0) is 49.7 Å². The summed E-state index contributed by atoms with van der Waals surface area (Å²) in [4.78, 5) is 4.40. The Labute approximate surface area is 155 Å². The number of rotatable bonds is 5. The van der Waals surface area contributed by atoms with Crippen LogP contribution in [0.15, 0.2) is 53.1 Å². The number of nitrogen functional groups attached to an aromatic ring is 1. The van der Waals surface area contributed by atoms with E-state index in [0.717, 1.165) is 22.6 Å². The van der Waals surface area contributed by atoms with Gasteiger partial charge >= 0.3 is 0 Å². The van der Waals surface area contributed by atoms with Gasteiger partial charge in [0.25, 0.3) is 5.89 Å². The molecule has 4 rings (SSSR count). The molecule has 0 bridgehead atoms. The highest BCUT2D eigenvalue weighted by Crippen LogP contribution is 2.27. The lowest BCUT2D eigenvalue weighted by Gasteiger charge is -2.05. The topological polar surface area (TPSA) is 105 Å². The number of anilines is 1. The van der Waals surface area contributed by atoms with Gasteiger partial charge in [-0.2, -0.15) is 9.67 Å². The molecule has 2 heterocycles. The van der Waals surface area contributed by atoms with Crippen molar-refractivity contribution in [3.8, 4) is 34.4 Å². The van der Waals surface area contributed by atoms with Gasteiger partial charge in [-0.3, -0.25) is 0 Å². The molecule has 0 aliphatic carbocycles. The Kier molecular flexibility index (Phi) is 4.29. The van der Waals surface area contributed by atoms with Crippen molar-refractivity contribution in [2.75, 3.05) is 12.3 Å². The molecule has 0 spiro atoms. The van der Waals surface area contributed by atoms with Crippen LogP contribution in [0.4, 0.5) is 5.82 Å². The third-order valence-corrected chi connectivity index (χ3v) is 4.10. The van der Waals surface area contributed by atoms with E-state index in [9.17, 15) is 0 Å². The van der Waals surface area contributed by atoms with Gasteiger partial charge in [0, 0.05) is 5.56 Å². The molecular formula is C19H18N6O2. The van der Waals surface area contributed by atoms with Crippen molar-refractivity contribution in [2.24, 2.45) is 0 Å². The SMILES string of the molecule is CCOc1ccc(-c2noc(-c3nnn(-c4ccccc4C)c3N)n2)cc1. The van der Waals surface area contributed by atoms with Crippen LogP contribution in [0.3, 0.4) is 0 Å². The lowest BCUT2D eigenvalue weighted by molar-refractivity contribution is 0.340. The summed E-state index contributed by atoms with van der Waals surface area (Å²) < 4.78 is 12.4. The molecule has 2 aromatic heterocycles. The van der Waals surface area contributed by atoms with Crippen molar-refractivity contribution in [1.29, 1.82) is 0 Å². The maximum absolute atomic E-state index is 6.23. The first-order valence-corrected chi connectivity index (χ1v) is 8.52. The number of hydrogen-bond acceptors (Lipinski definition) is 7. The number of hydrogen-bond donors (Lipinski definition) is 1. The molecule has 8 heteroatoms. The molecule has 4 aromatic rings. The minimum atomic E-state index is 0.219. The first kappa shape index (κ1) is 16.8. The fraction of sp³-hybridized carbons (Fsp3) is 0.158. The van der Waals surface area contributed by atoms with E-state index in [1.165, 1.54) is 0 Å². The minimum Gasteiger partial charge on any atom is -0.494 e. The number of benzene rings is 2. The molecule has 0 amide bonds. The van der Waals surface area contributed by atoms with E-state index in [1.807, 2.05) is 62.4 Å². The zero-order valence-corrected chi connectivity index (χ0v) is 15.0. The second kappa shape index (κ2) is 6.91. The van der Waals surface area contributed by atoms with E-state index >= 15 is 0 Å². The van der Waals surface area contributed by atoms with Gasteiger partial charge < -0.3 is 15.0 Å². The Balaban J connectivity index is 1.65. The maximum atomic E-state index is 6.23. The summed E-state index contributed by atoms with van der Waals surface area (Å²) in [7, 11) is 0. The van der Waals surface area contributed by atoms with Crippen LogP contribution in [0.5, 0.6) is 5.75 Å². The fourth-order valence-electron chi connectivity index (χ4n) is 2.72. The third-order valence-electron chi connectivity index (χ3n) is 4.10. The number of nitrogens with two attached hydrogens (primary N) is 1. The van der Waals surface area contributed by atoms with Crippen molar-refractivity contribution in [1.82, 2.24) is 25.1 Å². The zero-order valence-electron chi connectivity index (χ0n) is 15.0. The van der Waals surface area contributed by atoms with Crippen molar-refractivity contribution in [3.05, 3.63) is 54.1 Å². The lowest BCUT2D eigenvalue weighted by Crippen LogP contribution is -2.04. The molecule has 0 saturated carbocycles. The van der Waals surface area contributed by atoms with E-state index in [2.05, 4.69) is 20.5 Å². The number of ether oxygens (including phenoxy) is 1. The van der Waals surface area contributed by atoms with Crippen molar-refractivity contribution < 1.29 is 9.26 Å². The van der Waals surface area contributed by atoms with Crippen molar-refractivity contribution in [2.45, 2.75) is 13.8 Å². The summed E-state index contributed by atoms with van der Waals surface area (Å²) in [6.45, 7) is 4.53. The Morgan fingerprint density at radius 2 is 1.89 bits per heavy atom. The van der Waals surface area contributed by atoms with Gasteiger partial charge in [0.2, 0.25) is 5.82 Å². The fourth-order valence-corrected chi connectivity index (χ4v) is 2.72. The van der Waals surface area contributed by atoms with Gasteiger partial charge in [-0.15, -0.1) is 5.10 Å². The predicted octanol–water partition coefficient (Wildman–Crippen LogP) is 3.27. The molecule has 0 radical (unpaired) electrons. The van der Waals surface area contributed by atoms with E-state index in [4.69, 9.17) is 15.0 Å². The van der Waals surface area contributed by atoms with Crippen LogP contribution in [0, 0.1) is 6.92 Å². The first-order chi connectivity index (χ1) is 13.2. The molecule has 2 N–H and O–H groups in total. The van der Waals surface area contributed by atoms with E-state index in [1.54, 1.807) is 4.68 Å². The normalized spacial score (nSPS) is 10.9. The Hall–Kier alpha value is -3.68. The highest BCUT2D eigenvalue weighted by molar-refractivity contribution is 5.66. The number of aromatic nitrogens is 5. The summed E-state index contributed by atoms with van der Waals surface area (Å²) in [5.74, 6) is 1.79. The monoisotopic (exact) mass is 362 g/mol. The first-order valence-electron chi connectivity index (χ1n) is 8.52.